The van der Waals surface area contributed by atoms with Gasteiger partial charge in [-0.3, -0.25) is 4.79 Å². The molecule has 0 aliphatic carbocycles. The normalized spacial score (nSPS) is 18.6. The summed E-state index contributed by atoms with van der Waals surface area (Å²) in [7, 11) is 5.68. The van der Waals surface area contributed by atoms with Crippen LogP contribution >= 0.6 is 15.9 Å². The maximum Gasteiger partial charge on any atom is 0.257 e. The maximum absolute atomic E-state index is 12.7. The first-order valence-corrected chi connectivity index (χ1v) is 7.61. The van der Waals surface area contributed by atoms with E-state index in [-0.39, 0.29) is 5.91 Å². The lowest BCUT2D eigenvalue weighted by molar-refractivity contribution is 0.0713. The molecular weight excluding hydrogens is 320 g/mol. The van der Waals surface area contributed by atoms with E-state index in [2.05, 4.69) is 20.8 Å². The van der Waals surface area contributed by atoms with Crippen molar-refractivity contribution < 1.29 is 9.53 Å². The second-order valence-corrected chi connectivity index (χ2v) is 6.32. The molecule has 0 radical (unpaired) electrons. The van der Waals surface area contributed by atoms with E-state index in [1.54, 1.807) is 7.11 Å². The Balaban J connectivity index is 2.22. The van der Waals surface area contributed by atoms with E-state index in [1.807, 2.05) is 37.2 Å². The van der Waals surface area contributed by atoms with Crippen molar-refractivity contribution in [2.75, 3.05) is 34.3 Å². The first kappa shape index (κ1) is 15.3. The molecule has 0 spiro atoms. The zero-order valence-electron chi connectivity index (χ0n) is 12.2. The van der Waals surface area contributed by atoms with E-state index >= 15 is 0 Å². The predicted octanol–water partition coefficient (Wildman–Crippen LogP) is 2.62. The number of hydrogen-bond acceptors (Lipinski definition) is 3. The van der Waals surface area contributed by atoms with Crippen LogP contribution in [-0.2, 0) is 0 Å². The van der Waals surface area contributed by atoms with Crippen molar-refractivity contribution in [1.29, 1.82) is 0 Å². The fraction of sp³-hybridized carbons (Fsp3) is 0.533. The molecule has 1 heterocycles. The standard InChI is InChI=1S/C15H21BrN2O2/c1-17(2)10-12-5-4-8-18(12)15(19)13-7-6-11(16)9-14(13)20-3/h6-7,9,12H,4-5,8,10H2,1-3H3. The largest absolute Gasteiger partial charge is 0.496 e. The van der Waals surface area contributed by atoms with Gasteiger partial charge < -0.3 is 14.5 Å². The molecule has 4 nitrogen and oxygen atoms in total. The van der Waals surface area contributed by atoms with Crippen molar-refractivity contribution in [3.05, 3.63) is 28.2 Å². The number of likely N-dealkylation sites (N-methyl/N-ethyl adjacent to an activating group) is 1. The second-order valence-electron chi connectivity index (χ2n) is 5.40. The molecule has 1 saturated heterocycles. The van der Waals surface area contributed by atoms with Crippen LogP contribution < -0.4 is 4.74 Å². The Kier molecular flexibility index (Phi) is 5.05. The number of ether oxygens (including phenoxy) is 1. The zero-order valence-corrected chi connectivity index (χ0v) is 13.8. The fourth-order valence-corrected chi connectivity index (χ4v) is 3.05. The van der Waals surface area contributed by atoms with Crippen molar-refractivity contribution in [2.45, 2.75) is 18.9 Å². The summed E-state index contributed by atoms with van der Waals surface area (Å²) in [6.45, 7) is 1.74. The Morgan fingerprint density at radius 2 is 2.25 bits per heavy atom. The molecule has 5 heteroatoms. The van der Waals surface area contributed by atoms with Crippen molar-refractivity contribution in [2.24, 2.45) is 0 Å². The number of methoxy groups -OCH3 is 1. The molecule has 1 fully saturated rings. The van der Waals surface area contributed by atoms with Crippen molar-refractivity contribution in [3.63, 3.8) is 0 Å². The quantitative estimate of drug-likeness (QED) is 0.844. The highest BCUT2D eigenvalue weighted by molar-refractivity contribution is 9.10. The van der Waals surface area contributed by atoms with Crippen LogP contribution in [0.25, 0.3) is 0 Å². The van der Waals surface area contributed by atoms with E-state index < -0.39 is 0 Å². The summed E-state index contributed by atoms with van der Waals surface area (Å²) in [5.74, 6) is 0.693. The lowest BCUT2D eigenvalue weighted by Crippen LogP contribution is -2.41. The van der Waals surface area contributed by atoms with Gasteiger partial charge in [0.2, 0.25) is 0 Å². The minimum atomic E-state index is 0.0682. The van der Waals surface area contributed by atoms with Gasteiger partial charge in [-0.25, -0.2) is 0 Å². The van der Waals surface area contributed by atoms with Gasteiger partial charge >= 0.3 is 0 Å². The van der Waals surface area contributed by atoms with Crippen molar-refractivity contribution in [1.82, 2.24) is 9.80 Å². The molecule has 2 rings (SSSR count). The molecule has 0 saturated carbocycles. The number of carbonyl (C=O) groups excluding carboxylic acids is 1. The molecule has 1 amide bonds. The molecule has 1 aromatic rings. The summed E-state index contributed by atoms with van der Waals surface area (Å²) in [4.78, 5) is 16.9. The molecule has 1 aromatic carbocycles. The highest BCUT2D eigenvalue weighted by Gasteiger charge is 2.30. The Morgan fingerprint density at radius 1 is 1.50 bits per heavy atom. The number of rotatable bonds is 4. The van der Waals surface area contributed by atoms with Crippen LogP contribution in [0.15, 0.2) is 22.7 Å². The van der Waals surface area contributed by atoms with Gasteiger partial charge in [-0.15, -0.1) is 0 Å². The number of carbonyl (C=O) groups is 1. The summed E-state index contributed by atoms with van der Waals surface area (Å²) >= 11 is 3.40. The lowest BCUT2D eigenvalue weighted by Gasteiger charge is -2.27. The predicted molar refractivity (Wildman–Crippen MR) is 83.3 cm³/mol. The Hall–Kier alpha value is -1.07. The van der Waals surface area contributed by atoms with Crippen LogP contribution in [0.4, 0.5) is 0 Å². The SMILES string of the molecule is COc1cc(Br)ccc1C(=O)N1CCCC1CN(C)C. The van der Waals surface area contributed by atoms with Crippen LogP contribution in [0.1, 0.15) is 23.2 Å². The molecule has 0 bridgehead atoms. The molecule has 1 unspecified atom stereocenters. The minimum absolute atomic E-state index is 0.0682. The topological polar surface area (TPSA) is 32.8 Å². The molecular formula is C15H21BrN2O2. The number of nitrogens with zero attached hydrogens (tertiary/aromatic N) is 2. The van der Waals surface area contributed by atoms with Crippen molar-refractivity contribution in [3.8, 4) is 5.75 Å². The van der Waals surface area contributed by atoms with E-state index in [0.29, 0.717) is 17.4 Å². The van der Waals surface area contributed by atoms with Gasteiger partial charge in [0.15, 0.2) is 0 Å². The Labute approximate surface area is 128 Å². The Bertz CT molecular complexity index is 491. The monoisotopic (exact) mass is 340 g/mol. The summed E-state index contributed by atoms with van der Waals surface area (Å²) in [6.07, 6.45) is 2.14. The van der Waals surface area contributed by atoms with Crippen LogP contribution in [-0.4, -0.2) is 56.0 Å². The summed E-state index contributed by atoms with van der Waals surface area (Å²) in [5.41, 5.74) is 0.640. The van der Waals surface area contributed by atoms with Crippen molar-refractivity contribution >= 4 is 21.8 Å². The molecule has 0 N–H and O–H groups in total. The van der Waals surface area contributed by atoms with Gasteiger partial charge in [-0.2, -0.15) is 0 Å². The number of halogens is 1. The third kappa shape index (κ3) is 3.33. The van der Waals surface area contributed by atoms with Gasteiger partial charge in [0.05, 0.1) is 12.7 Å². The number of hydrogen-bond donors (Lipinski definition) is 0. The van der Waals surface area contributed by atoms with Crippen LogP contribution in [0.2, 0.25) is 0 Å². The molecule has 20 heavy (non-hydrogen) atoms. The van der Waals surface area contributed by atoms with E-state index in [4.69, 9.17) is 4.74 Å². The first-order chi connectivity index (χ1) is 9.52. The molecule has 0 aromatic heterocycles. The van der Waals surface area contributed by atoms with E-state index in [1.165, 1.54) is 0 Å². The average molecular weight is 341 g/mol. The lowest BCUT2D eigenvalue weighted by atomic mass is 10.1. The van der Waals surface area contributed by atoms with Crippen LogP contribution in [0, 0.1) is 0 Å². The van der Waals surface area contributed by atoms with E-state index in [0.717, 1.165) is 30.4 Å². The summed E-state index contributed by atoms with van der Waals surface area (Å²) in [6, 6.07) is 5.85. The number of likely N-dealkylation sites (tertiary alicyclic amines) is 1. The van der Waals surface area contributed by atoms with Gasteiger partial charge in [0, 0.05) is 23.6 Å². The molecule has 1 aliphatic heterocycles. The van der Waals surface area contributed by atoms with Crippen LogP contribution in [0.5, 0.6) is 5.75 Å². The second kappa shape index (κ2) is 6.59. The molecule has 110 valence electrons. The molecule has 1 atom stereocenters. The minimum Gasteiger partial charge on any atom is -0.496 e. The highest BCUT2D eigenvalue weighted by atomic mass is 79.9. The molecule has 1 aliphatic rings. The smallest absolute Gasteiger partial charge is 0.257 e. The third-order valence-corrected chi connectivity index (χ3v) is 4.10. The summed E-state index contributed by atoms with van der Waals surface area (Å²) < 4.78 is 6.25. The van der Waals surface area contributed by atoms with Gasteiger partial charge in [-0.05, 0) is 45.1 Å². The number of benzene rings is 1. The van der Waals surface area contributed by atoms with E-state index in [9.17, 15) is 4.79 Å². The third-order valence-electron chi connectivity index (χ3n) is 3.61. The Morgan fingerprint density at radius 3 is 2.90 bits per heavy atom. The summed E-state index contributed by atoms with van der Waals surface area (Å²) in [5, 5.41) is 0. The van der Waals surface area contributed by atoms with Crippen LogP contribution in [0.3, 0.4) is 0 Å². The van der Waals surface area contributed by atoms with Gasteiger partial charge in [-0.1, -0.05) is 15.9 Å². The highest BCUT2D eigenvalue weighted by Crippen LogP contribution is 2.28. The van der Waals surface area contributed by atoms with Gasteiger partial charge in [0.25, 0.3) is 5.91 Å². The fourth-order valence-electron chi connectivity index (χ4n) is 2.71. The number of amides is 1. The average Bonchev–Trinajstić information content (AvgIpc) is 2.85. The van der Waals surface area contributed by atoms with Gasteiger partial charge in [0.1, 0.15) is 5.75 Å². The zero-order chi connectivity index (χ0) is 14.7. The maximum atomic E-state index is 12.7. The first-order valence-electron chi connectivity index (χ1n) is 6.82.